The molecule has 0 saturated carbocycles. The van der Waals surface area contributed by atoms with Crippen molar-refractivity contribution in [3.05, 3.63) is 70.4 Å². The highest BCUT2D eigenvalue weighted by molar-refractivity contribution is 6.30. The van der Waals surface area contributed by atoms with Crippen LogP contribution in [-0.2, 0) is 27.4 Å². The molecule has 0 aliphatic carbocycles. The highest BCUT2D eigenvalue weighted by atomic mass is 35.5. The molecule has 6 nitrogen and oxygen atoms in total. The molecule has 7 heteroatoms. The van der Waals surface area contributed by atoms with Crippen LogP contribution in [0.2, 0.25) is 5.02 Å². The summed E-state index contributed by atoms with van der Waals surface area (Å²) >= 11 is 5.97. The molecule has 0 aliphatic rings. The van der Waals surface area contributed by atoms with E-state index in [9.17, 15) is 9.59 Å². The summed E-state index contributed by atoms with van der Waals surface area (Å²) in [7, 11) is 1.64. The van der Waals surface area contributed by atoms with Crippen LogP contribution in [0, 0.1) is 0 Å². The molecule has 29 heavy (non-hydrogen) atoms. The number of halogens is 1. The number of hydrogen-bond donors (Lipinski definition) is 0. The Kier molecular flexibility index (Phi) is 6.90. The van der Waals surface area contributed by atoms with Gasteiger partial charge in [0.15, 0.2) is 6.61 Å². The summed E-state index contributed by atoms with van der Waals surface area (Å²) in [5, 5.41) is 1.39. The minimum Gasteiger partial charge on any atom is -0.450 e. The second kappa shape index (κ2) is 9.58. The van der Waals surface area contributed by atoms with Crippen LogP contribution in [-0.4, -0.2) is 37.0 Å². The monoisotopic (exact) mass is 415 g/mol. The molecule has 0 spiro atoms. The quantitative estimate of drug-likeness (QED) is 0.509. The van der Waals surface area contributed by atoms with Crippen molar-refractivity contribution in [2.75, 3.05) is 20.3 Å². The van der Waals surface area contributed by atoms with Gasteiger partial charge in [0.1, 0.15) is 5.58 Å². The number of nitrogens with zero attached hydrogens (tertiary/aromatic N) is 1. The van der Waals surface area contributed by atoms with Crippen molar-refractivity contribution < 1.29 is 23.5 Å². The number of fused-ring (bicyclic) bond motifs is 1. The Balaban J connectivity index is 1.66. The van der Waals surface area contributed by atoms with E-state index in [4.69, 9.17) is 25.5 Å². The number of carbonyl (C=O) groups is 2. The number of likely N-dealkylation sites (N-methyl/N-ethyl adjacent to an activating group) is 1. The Bertz CT molecular complexity index is 1010. The number of rotatable bonds is 8. The van der Waals surface area contributed by atoms with Gasteiger partial charge in [-0.2, -0.15) is 0 Å². The lowest BCUT2D eigenvalue weighted by Crippen LogP contribution is -2.30. The number of amides is 1. The summed E-state index contributed by atoms with van der Waals surface area (Å²) in [6.45, 7) is 2.56. The number of hydrogen-bond acceptors (Lipinski definition) is 5. The minimum atomic E-state index is -0.694. The average Bonchev–Trinajstić information content (AvgIpc) is 3.08. The summed E-state index contributed by atoms with van der Waals surface area (Å²) < 4.78 is 16.3. The molecule has 3 aromatic rings. The third-order valence-electron chi connectivity index (χ3n) is 4.40. The van der Waals surface area contributed by atoms with Crippen molar-refractivity contribution in [1.29, 1.82) is 0 Å². The molecule has 0 fully saturated rings. The maximum Gasteiger partial charge on any atom is 0.375 e. The van der Waals surface area contributed by atoms with Crippen molar-refractivity contribution in [3.63, 3.8) is 0 Å². The lowest BCUT2D eigenvalue weighted by Gasteiger charge is -2.17. The second-order valence-corrected chi connectivity index (χ2v) is 6.94. The Labute approximate surface area is 173 Å². The molecule has 0 bridgehead atoms. The molecule has 0 atom stereocenters. The van der Waals surface area contributed by atoms with Crippen LogP contribution >= 0.6 is 11.6 Å². The van der Waals surface area contributed by atoms with Crippen LogP contribution < -0.4 is 0 Å². The van der Waals surface area contributed by atoms with Gasteiger partial charge in [-0.3, -0.25) is 4.79 Å². The zero-order valence-electron chi connectivity index (χ0n) is 16.3. The van der Waals surface area contributed by atoms with Crippen LogP contribution in [0.5, 0.6) is 0 Å². The van der Waals surface area contributed by atoms with E-state index in [0.29, 0.717) is 29.3 Å². The molecule has 3 rings (SSSR count). The predicted octanol–water partition coefficient (Wildman–Crippen LogP) is 4.44. The minimum absolute atomic E-state index is 0.0601. The smallest absolute Gasteiger partial charge is 0.375 e. The summed E-state index contributed by atoms with van der Waals surface area (Å²) in [6, 6.07) is 14.5. The van der Waals surface area contributed by atoms with E-state index < -0.39 is 5.97 Å². The first-order chi connectivity index (χ1) is 14.0. The van der Waals surface area contributed by atoms with Crippen molar-refractivity contribution in [1.82, 2.24) is 4.90 Å². The number of benzene rings is 2. The number of para-hydroxylation sites is 1. The van der Waals surface area contributed by atoms with Crippen LogP contribution in [0.25, 0.3) is 11.0 Å². The standard InChI is InChI=1S/C22H22ClNO5/c1-3-27-13-18-17-9-4-5-10-19(17)29-21(18)22(26)28-14-20(25)24(2)12-15-7-6-8-16(23)11-15/h4-11H,3,12-14H2,1-2H3. The maximum atomic E-state index is 12.6. The number of carbonyl (C=O) groups excluding carboxylic acids is 2. The van der Waals surface area contributed by atoms with Crippen molar-refractivity contribution in [2.45, 2.75) is 20.1 Å². The number of furan rings is 1. The molecule has 0 saturated heterocycles. The van der Waals surface area contributed by atoms with E-state index in [1.807, 2.05) is 37.3 Å². The summed E-state index contributed by atoms with van der Waals surface area (Å²) in [5.74, 6) is -0.967. The largest absolute Gasteiger partial charge is 0.450 e. The maximum absolute atomic E-state index is 12.6. The third-order valence-corrected chi connectivity index (χ3v) is 4.63. The molecule has 1 heterocycles. The normalized spacial score (nSPS) is 10.9. The first-order valence-electron chi connectivity index (χ1n) is 9.23. The Morgan fingerprint density at radius 1 is 1.14 bits per heavy atom. The summed E-state index contributed by atoms with van der Waals surface area (Å²) in [6.07, 6.45) is 0. The van der Waals surface area contributed by atoms with Gasteiger partial charge in [0.25, 0.3) is 5.91 Å². The van der Waals surface area contributed by atoms with E-state index in [-0.39, 0.29) is 24.9 Å². The zero-order valence-corrected chi connectivity index (χ0v) is 17.1. The molecule has 152 valence electrons. The first kappa shape index (κ1) is 20.9. The SMILES string of the molecule is CCOCc1c(C(=O)OCC(=O)N(C)Cc2cccc(Cl)c2)oc2ccccc12. The average molecular weight is 416 g/mol. The van der Waals surface area contributed by atoms with Gasteiger partial charge in [0.2, 0.25) is 5.76 Å². The van der Waals surface area contributed by atoms with Crippen LogP contribution in [0.1, 0.15) is 28.6 Å². The van der Waals surface area contributed by atoms with Gasteiger partial charge < -0.3 is 18.8 Å². The lowest BCUT2D eigenvalue weighted by molar-refractivity contribution is -0.133. The molecule has 1 aromatic heterocycles. The van der Waals surface area contributed by atoms with Gasteiger partial charge in [0, 0.05) is 36.2 Å². The molecular formula is C22H22ClNO5. The van der Waals surface area contributed by atoms with Crippen molar-refractivity contribution in [2.24, 2.45) is 0 Å². The summed E-state index contributed by atoms with van der Waals surface area (Å²) in [5.41, 5.74) is 2.07. The molecule has 0 N–H and O–H groups in total. The number of ether oxygens (including phenoxy) is 2. The highest BCUT2D eigenvalue weighted by Crippen LogP contribution is 2.27. The van der Waals surface area contributed by atoms with Crippen LogP contribution in [0.4, 0.5) is 0 Å². The van der Waals surface area contributed by atoms with Gasteiger partial charge in [-0.15, -0.1) is 0 Å². The van der Waals surface area contributed by atoms with E-state index in [2.05, 4.69) is 0 Å². The van der Waals surface area contributed by atoms with E-state index in [1.165, 1.54) is 4.90 Å². The van der Waals surface area contributed by atoms with Gasteiger partial charge in [-0.05, 0) is 30.7 Å². The third kappa shape index (κ3) is 5.16. The van der Waals surface area contributed by atoms with E-state index in [0.717, 1.165) is 10.9 Å². The Hall–Kier alpha value is -2.83. The van der Waals surface area contributed by atoms with Gasteiger partial charge >= 0.3 is 5.97 Å². The topological polar surface area (TPSA) is 69.0 Å². The zero-order chi connectivity index (χ0) is 20.8. The van der Waals surface area contributed by atoms with Crippen molar-refractivity contribution in [3.8, 4) is 0 Å². The fraction of sp³-hybridized carbons (Fsp3) is 0.273. The lowest BCUT2D eigenvalue weighted by atomic mass is 10.1. The van der Waals surface area contributed by atoms with Gasteiger partial charge in [-0.1, -0.05) is 41.9 Å². The Morgan fingerprint density at radius 2 is 1.93 bits per heavy atom. The highest BCUT2D eigenvalue weighted by Gasteiger charge is 2.23. The van der Waals surface area contributed by atoms with Gasteiger partial charge in [-0.25, -0.2) is 4.79 Å². The fourth-order valence-electron chi connectivity index (χ4n) is 2.91. The first-order valence-corrected chi connectivity index (χ1v) is 9.61. The number of esters is 1. The van der Waals surface area contributed by atoms with E-state index >= 15 is 0 Å². The van der Waals surface area contributed by atoms with Crippen molar-refractivity contribution >= 4 is 34.4 Å². The van der Waals surface area contributed by atoms with E-state index in [1.54, 1.807) is 25.2 Å². The van der Waals surface area contributed by atoms with Crippen LogP contribution in [0.15, 0.2) is 52.9 Å². The predicted molar refractivity (Wildman–Crippen MR) is 110 cm³/mol. The molecule has 0 unspecified atom stereocenters. The molecule has 2 aromatic carbocycles. The molecular weight excluding hydrogens is 394 g/mol. The second-order valence-electron chi connectivity index (χ2n) is 6.50. The molecule has 0 aliphatic heterocycles. The summed E-state index contributed by atoms with van der Waals surface area (Å²) in [4.78, 5) is 26.4. The molecule has 0 radical (unpaired) electrons. The molecule has 1 amide bonds. The fourth-order valence-corrected chi connectivity index (χ4v) is 3.12. The van der Waals surface area contributed by atoms with Crippen LogP contribution in [0.3, 0.4) is 0 Å². The Morgan fingerprint density at radius 3 is 2.69 bits per heavy atom. The van der Waals surface area contributed by atoms with Gasteiger partial charge in [0.05, 0.1) is 6.61 Å².